The van der Waals surface area contributed by atoms with Gasteiger partial charge >= 0.3 is 0 Å². The van der Waals surface area contributed by atoms with E-state index < -0.39 is 10.0 Å². The molecule has 8 heteroatoms. The number of rotatable bonds is 3. The summed E-state index contributed by atoms with van der Waals surface area (Å²) in [5, 5.41) is 4.63. The lowest BCUT2D eigenvalue weighted by atomic mass is 9.90. The van der Waals surface area contributed by atoms with E-state index in [0.29, 0.717) is 37.4 Å². The lowest BCUT2D eigenvalue weighted by molar-refractivity contribution is 0.319. The van der Waals surface area contributed by atoms with Crippen molar-refractivity contribution in [2.45, 2.75) is 37.5 Å². The van der Waals surface area contributed by atoms with E-state index in [1.54, 1.807) is 19.9 Å². The molecular weight excluding hydrogens is 357 g/mol. The van der Waals surface area contributed by atoms with Gasteiger partial charge in [-0.25, -0.2) is 12.8 Å². The van der Waals surface area contributed by atoms with Crippen molar-refractivity contribution in [3.63, 3.8) is 0 Å². The highest BCUT2D eigenvalue weighted by atomic mass is 32.2. The van der Waals surface area contributed by atoms with Crippen molar-refractivity contribution in [1.82, 2.24) is 14.4 Å². The predicted octanol–water partition coefficient (Wildman–Crippen LogP) is 3.48. The fraction of sp³-hybridized carbons (Fsp3) is 0.389. The summed E-state index contributed by atoms with van der Waals surface area (Å²) in [4.78, 5) is 3.34. The fourth-order valence-electron chi connectivity index (χ4n) is 3.83. The zero-order valence-electron chi connectivity index (χ0n) is 14.6. The number of hydrogen-bond acceptors (Lipinski definition) is 4. The second-order valence-corrected chi connectivity index (χ2v) is 8.64. The number of hydrogen-bond donors (Lipinski definition) is 1. The SMILES string of the molecule is Cc1noc(C)c1S(=O)(=O)N1CCC(c2c[nH]c3ccc(F)cc23)CC1. The van der Waals surface area contributed by atoms with E-state index in [-0.39, 0.29) is 16.6 Å². The second-order valence-electron chi connectivity index (χ2n) is 6.77. The number of aryl methyl sites for hydroxylation is 2. The number of nitrogens with zero attached hydrogens (tertiary/aromatic N) is 2. The number of halogens is 1. The smallest absolute Gasteiger partial charge is 0.248 e. The van der Waals surface area contributed by atoms with Crippen LogP contribution in [0, 0.1) is 19.7 Å². The van der Waals surface area contributed by atoms with Crippen molar-refractivity contribution < 1.29 is 17.3 Å². The van der Waals surface area contributed by atoms with Gasteiger partial charge in [0.15, 0.2) is 5.76 Å². The van der Waals surface area contributed by atoms with E-state index >= 15 is 0 Å². The van der Waals surface area contributed by atoms with Crippen molar-refractivity contribution in [3.8, 4) is 0 Å². The first-order valence-corrected chi connectivity index (χ1v) is 10.0. The Hall–Kier alpha value is -2.19. The monoisotopic (exact) mass is 377 g/mol. The third-order valence-corrected chi connectivity index (χ3v) is 7.28. The zero-order chi connectivity index (χ0) is 18.5. The van der Waals surface area contributed by atoms with Crippen molar-refractivity contribution in [1.29, 1.82) is 0 Å². The Morgan fingerprint density at radius 3 is 2.65 bits per heavy atom. The number of nitrogens with one attached hydrogen (secondary N) is 1. The molecule has 1 saturated heterocycles. The van der Waals surface area contributed by atoms with Crippen LogP contribution >= 0.6 is 0 Å². The third-order valence-electron chi connectivity index (χ3n) is 5.14. The Morgan fingerprint density at radius 1 is 1.27 bits per heavy atom. The first kappa shape index (κ1) is 17.2. The average Bonchev–Trinajstić information content (AvgIpc) is 3.18. The summed E-state index contributed by atoms with van der Waals surface area (Å²) in [7, 11) is -3.61. The lowest BCUT2D eigenvalue weighted by Gasteiger charge is -2.31. The highest BCUT2D eigenvalue weighted by Gasteiger charge is 2.34. The summed E-state index contributed by atoms with van der Waals surface area (Å²) in [6, 6.07) is 4.70. The van der Waals surface area contributed by atoms with Crippen molar-refractivity contribution in [2.24, 2.45) is 0 Å². The minimum atomic E-state index is -3.61. The number of fused-ring (bicyclic) bond motifs is 1. The van der Waals surface area contributed by atoms with Gasteiger partial charge in [-0.2, -0.15) is 4.31 Å². The molecule has 0 saturated carbocycles. The van der Waals surface area contributed by atoms with Gasteiger partial charge in [0.25, 0.3) is 0 Å². The topological polar surface area (TPSA) is 79.2 Å². The minimum absolute atomic E-state index is 0.171. The van der Waals surface area contributed by atoms with E-state index in [1.807, 2.05) is 6.20 Å². The van der Waals surface area contributed by atoms with Crippen LogP contribution in [0.1, 0.15) is 35.8 Å². The van der Waals surface area contributed by atoms with Gasteiger partial charge in [-0.15, -0.1) is 0 Å². The first-order valence-electron chi connectivity index (χ1n) is 8.57. The molecule has 3 aromatic rings. The summed E-state index contributed by atoms with van der Waals surface area (Å²) in [6.45, 7) is 4.08. The molecular formula is C18H20FN3O3S. The number of aromatic nitrogens is 2. The number of aromatic amines is 1. The zero-order valence-corrected chi connectivity index (χ0v) is 15.4. The highest BCUT2D eigenvalue weighted by Crippen LogP contribution is 2.35. The highest BCUT2D eigenvalue weighted by molar-refractivity contribution is 7.89. The molecule has 0 spiro atoms. The lowest BCUT2D eigenvalue weighted by Crippen LogP contribution is -2.38. The van der Waals surface area contributed by atoms with Gasteiger partial charge in [-0.3, -0.25) is 0 Å². The molecule has 1 fully saturated rings. The Bertz CT molecular complexity index is 1040. The summed E-state index contributed by atoms with van der Waals surface area (Å²) >= 11 is 0. The fourth-order valence-corrected chi connectivity index (χ4v) is 5.59. The van der Waals surface area contributed by atoms with Crippen LogP contribution in [0.2, 0.25) is 0 Å². The van der Waals surface area contributed by atoms with Crippen molar-refractivity contribution >= 4 is 20.9 Å². The molecule has 1 aromatic carbocycles. The maximum absolute atomic E-state index is 13.6. The van der Waals surface area contributed by atoms with Gasteiger partial charge in [-0.05, 0) is 56.4 Å². The van der Waals surface area contributed by atoms with E-state index in [0.717, 1.165) is 16.5 Å². The Balaban J connectivity index is 1.56. The second kappa shape index (κ2) is 6.21. The van der Waals surface area contributed by atoms with Crippen LogP contribution in [0.4, 0.5) is 4.39 Å². The molecule has 3 heterocycles. The van der Waals surface area contributed by atoms with Crippen LogP contribution in [0.5, 0.6) is 0 Å². The van der Waals surface area contributed by atoms with Gasteiger partial charge in [0.05, 0.1) is 0 Å². The first-order chi connectivity index (χ1) is 12.4. The molecule has 26 heavy (non-hydrogen) atoms. The maximum Gasteiger partial charge on any atom is 0.248 e. The molecule has 4 rings (SSSR count). The van der Waals surface area contributed by atoms with Crippen LogP contribution in [-0.4, -0.2) is 36.0 Å². The van der Waals surface area contributed by atoms with Gasteiger partial charge in [0.2, 0.25) is 10.0 Å². The molecule has 0 bridgehead atoms. The molecule has 0 unspecified atom stereocenters. The quantitative estimate of drug-likeness (QED) is 0.758. The molecule has 2 aromatic heterocycles. The number of piperidine rings is 1. The average molecular weight is 377 g/mol. The van der Waals surface area contributed by atoms with Crippen LogP contribution in [0.25, 0.3) is 10.9 Å². The van der Waals surface area contributed by atoms with Gasteiger partial charge in [-0.1, -0.05) is 5.16 Å². The van der Waals surface area contributed by atoms with Crippen LogP contribution in [0.3, 0.4) is 0 Å². The van der Waals surface area contributed by atoms with Crippen LogP contribution in [-0.2, 0) is 10.0 Å². The van der Waals surface area contributed by atoms with Gasteiger partial charge in [0, 0.05) is 30.2 Å². The van der Waals surface area contributed by atoms with E-state index in [4.69, 9.17) is 4.52 Å². The van der Waals surface area contributed by atoms with Crippen LogP contribution in [0.15, 0.2) is 33.8 Å². The molecule has 0 aliphatic carbocycles. The van der Waals surface area contributed by atoms with Gasteiger partial charge < -0.3 is 9.51 Å². The molecule has 138 valence electrons. The molecule has 1 aliphatic rings. The molecule has 1 N–H and O–H groups in total. The van der Waals surface area contributed by atoms with E-state index in [1.165, 1.54) is 16.4 Å². The Labute approximate surface area is 151 Å². The Morgan fingerprint density at radius 2 is 2.00 bits per heavy atom. The van der Waals surface area contributed by atoms with Crippen molar-refractivity contribution in [3.05, 3.63) is 47.2 Å². The molecule has 6 nitrogen and oxygen atoms in total. The minimum Gasteiger partial charge on any atom is -0.361 e. The molecule has 0 radical (unpaired) electrons. The number of sulfonamides is 1. The summed E-state index contributed by atoms with van der Waals surface area (Å²) in [5.41, 5.74) is 2.33. The molecule has 0 atom stereocenters. The van der Waals surface area contributed by atoms with E-state index in [9.17, 15) is 12.8 Å². The predicted molar refractivity (Wildman–Crippen MR) is 95.0 cm³/mol. The summed E-state index contributed by atoms with van der Waals surface area (Å²) in [6.07, 6.45) is 3.28. The standard InChI is InChI=1S/C18H20FN3O3S/c1-11-18(12(2)25-21-11)26(23,24)22-7-5-13(6-8-22)16-10-20-17-4-3-14(19)9-15(16)17/h3-4,9-10,13,20H,5-8H2,1-2H3. The maximum atomic E-state index is 13.6. The molecule has 0 amide bonds. The Kier molecular flexibility index (Phi) is 4.11. The van der Waals surface area contributed by atoms with Crippen LogP contribution < -0.4 is 0 Å². The largest absolute Gasteiger partial charge is 0.361 e. The van der Waals surface area contributed by atoms with Gasteiger partial charge in [0.1, 0.15) is 16.4 Å². The van der Waals surface area contributed by atoms with Crippen molar-refractivity contribution in [2.75, 3.05) is 13.1 Å². The number of benzene rings is 1. The van der Waals surface area contributed by atoms with E-state index in [2.05, 4.69) is 10.1 Å². The summed E-state index contributed by atoms with van der Waals surface area (Å²) < 4.78 is 45.9. The molecule has 1 aliphatic heterocycles. The number of H-pyrrole nitrogens is 1. The summed E-state index contributed by atoms with van der Waals surface area (Å²) in [5.74, 6) is 0.246. The normalized spacial score (nSPS) is 17.2. The third kappa shape index (κ3) is 2.73.